The molecular weight excluding hydrogens is 339 g/mol. The summed E-state index contributed by atoms with van der Waals surface area (Å²) >= 11 is 11.7. The number of nitrogens with zero attached hydrogens (tertiary/aromatic N) is 1. The number of amides is 2. The number of hydrogen-bond donors (Lipinski definition) is 1. The van der Waals surface area contributed by atoms with E-state index in [1.165, 1.54) is 0 Å². The largest absolute Gasteiger partial charge is 0.352 e. The fourth-order valence-electron chi connectivity index (χ4n) is 2.55. The van der Waals surface area contributed by atoms with Gasteiger partial charge in [-0.1, -0.05) is 29.3 Å². The molecule has 124 valence electrons. The van der Waals surface area contributed by atoms with Crippen LogP contribution in [-0.4, -0.2) is 35.6 Å². The van der Waals surface area contributed by atoms with Crippen molar-refractivity contribution in [1.82, 2.24) is 10.2 Å². The number of carbonyl (C=O) groups excluding carboxylic acids is 3. The second-order valence-electron chi connectivity index (χ2n) is 5.46. The van der Waals surface area contributed by atoms with Crippen LogP contribution in [0.25, 0.3) is 0 Å². The topological polar surface area (TPSA) is 66.5 Å². The number of rotatable bonds is 6. The first kappa shape index (κ1) is 17.8. The number of benzene rings is 1. The van der Waals surface area contributed by atoms with E-state index in [2.05, 4.69) is 5.32 Å². The van der Waals surface area contributed by atoms with Crippen LogP contribution in [0.5, 0.6) is 0 Å². The first-order valence-electron chi connectivity index (χ1n) is 7.46. The van der Waals surface area contributed by atoms with Crippen LogP contribution >= 0.6 is 23.2 Å². The van der Waals surface area contributed by atoms with Crippen molar-refractivity contribution in [3.8, 4) is 0 Å². The van der Waals surface area contributed by atoms with Gasteiger partial charge in [-0.05, 0) is 30.5 Å². The lowest BCUT2D eigenvalue weighted by molar-refractivity contribution is -0.136. The number of aldehydes is 1. The van der Waals surface area contributed by atoms with Gasteiger partial charge in [0.25, 0.3) is 0 Å². The monoisotopic (exact) mass is 356 g/mol. The van der Waals surface area contributed by atoms with E-state index in [9.17, 15) is 14.4 Å². The summed E-state index contributed by atoms with van der Waals surface area (Å²) in [6, 6.07) is 4.80. The highest BCUT2D eigenvalue weighted by molar-refractivity contribution is 6.42. The van der Waals surface area contributed by atoms with Gasteiger partial charge in [0.05, 0.1) is 16.1 Å². The van der Waals surface area contributed by atoms with Crippen LogP contribution in [0.15, 0.2) is 18.2 Å². The predicted octanol–water partition coefficient (Wildman–Crippen LogP) is 2.58. The molecule has 2 rings (SSSR count). The molecule has 2 amide bonds. The zero-order valence-corrected chi connectivity index (χ0v) is 14.1. The lowest BCUT2D eigenvalue weighted by Crippen LogP contribution is -2.37. The molecule has 0 aromatic heterocycles. The molecular formula is C16H18Cl2N2O3. The maximum absolute atomic E-state index is 12.0. The summed E-state index contributed by atoms with van der Waals surface area (Å²) in [7, 11) is 0. The highest BCUT2D eigenvalue weighted by Crippen LogP contribution is 2.22. The molecule has 7 heteroatoms. The van der Waals surface area contributed by atoms with E-state index in [4.69, 9.17) is 23.2 Å². The molecule has 1 fully saturated rings. The van der Waals surface area contributed by atoms with Crippen molar-refractivity contribution in [2.75, 3.05) is 6.54 Å². The fraction of sp³-hybridized carbons (Fsp3) is 0.438. The van der Waals surface area contributed by atoms with E-state index in [1.807, 2.05) is 0 Å². The lowest BCUT2D eigenvalue weighted by Gasteiger charge is -2.20. The Hall–Kier alpha value is -1.59. The van der Waals surface area contributed by atoms with Gasteiger partial charge in [-0.25, -0.2) is 0 Å². The van der Waals surface area contributed by atoms with Gasteiger partial charge >= 0.3 is 0 Å². The average molecular weight is 357 g/mol. The van der Waals surface area contributed by atoms with Crippen molar-refractivity contribution in [2.24, 2.45) is 0 Å². The Bertz CT molecular complexity index is 607. The Balaban J connectivity index is 1.75. The van der Waals surface area contributed by atoms with E-state index in [0.29, 0.717) is 29.6 Å². The number of halogens is 2. The molecule has 0 unspecified atom stereocenters. The molecule has 5 nitrogen and oxygen atoms in total. The zero-order valence-electron chi connectivity index (χ0n) is 12.6. The van der Waals surface area contributed by atoms with Crippen molar-refractivity contribution in [3.63, 3.8) is 0 Å². The van der Waals surface area contributed by atoms with Crippen LogP contribution in [-0.2, 0) is 20.9 Å². The first-order chi connectivity index (χ1) is 11.0. The molecule has 23 heavy (non-hydrogen) atoms. The smallest absolute Gasteiger partial charge is 0.223 e. The molecule has 1 atom stereocenters. The molecule has 0 aliphatic carbocycles. The van der Waals surface area contributed by atoms with E-state index in [0.717, 1.165) is 18.3 Å². The van der Waals surface area contributed by atoms with Gasteiger partial charge < -0.3 is 15.0 Å². The Morgan fingerprint density at radius 1 is 1.26 bits per heavy atom. The molecule has 0 saturated carbocycles. The highest BCUT2D eigenvalue weighted by atomic mass is 35.5. The second-order valence-corrected chi connectivity index (χ2v) is 6.27. The zero-order chi connectivity index (χ0) is 16.8. The fourth-order valence-corrected chi connectivity index (χ4v) is 2.87. The Kier molecular flexibility index (Phi) is 6.42. The minimum atomic E-state index is -0.332. The number of nitrogens with one attached hydrogen (secondary N) is 1. The normalized spacial score (nSPS) is 17.1. The third kappa shape index (κ3) is 4.94. The predicted molar refractivity (Wildman–Crippen MR) is 88.3 cm³/mol. The second kappa shape index (κ2) is 8.31. The summed E-state index contributed by atoms with van der Waals surface area (Å²) in [4.78, 5) is 36.3. The summed E-state index contributed by atoms with van der Waals surface area (Å²) in [5, 5.41) is 3.63. The van der Waals surface area contributed by atoms with Gasteiger partial charge in [0.15, 0.2) is 0 Å². The molecule has 1 aliphatic heterocycles. The van der Waals surface area contributed by atoms with Crippen LogP contribution in [0.4, 0.5) is 0 Å². The third-order valence-corrected chi connectivity index (χ3v) is 4.56. The van der Waals surface area contributed by atoms with E-state index in [-0.39, 0.29) is 30.7 Å². The first-order valence-corrected chi connectivity index (χ1v) is 8.22. The van der Waals surface area contributed by atoms with Crippen LogP contribution in [0.3, 0.4) is 0 Å². The molecule has 1 saturated heterocycles. The SMILES string of the molecule is O=C[C@@H]1CCCN1C(=O)CCC(=O)NCc1ccc(Cl)c(Cl)c1. The maximum atomic E-state index is 12.0. The minimum Gasteiger partial charge on any atom is -0.352 e. The van der Waals surface area contributed by atoms with E-state index >= 15 is 0 Å². The van der Waals surface area contributed by atoms with Crippen molar-refractivity contribution < 1.29 is 14.4 Å². The minimum absolute atomic E-state index is 0.0994. The molecule has 1 N–H and O–H groups in total. The van der Waals surface area contributed by atoms with Crippen molar-refractivity contribution in [1.29, 1.82) is 0 Å². The number of carbonyl (C=O) groups is 3. The Morgan fingerprint density at radius 2 is 2.04 bits per heavy atom. The summed E-state index contributed by atoms with van der Waals surface area (Å²) < 4.78 is 0. The number of hydrogen-bond acceptors (Lipinski definition) is 3. The van der Waals surface area contributed by atoms with Crippen molar-refractivity contribution >= 4 is 41.3 Å². The van der Waals surface area contributed by atoms with Crippen LogP contribution in [0.1, 0.15) is 31.2 Å². The molecule has 1 aromatic rings. The highest BCUT2D eigenvalue weighted by Gasteiger charge is 2.27. The molecule has 0 spiro atoms. The summed E-state index contributed by atoms with van der Waals surface area (Å²) in [6.07, 6.45) is 2.55. The van der Waals surface area contributed by atoms with Gasteiger partial charge in [-0.2, -0.15) is 0 Å². The average Bonchev–Trinajstić information content (AvgIpc) is 3.02. The molecule has 1 aromatic carbocycles. The van der Waals surface area contributed by atoms with Gasteiger partial charge in [0.2, 0.25) is 11.8 Å². The molecule has 1 heterocycles. The molecule has 0 radical (unpaired) electrons. The molecule has 1 aliphatic rings. The van der Waals surface area contributed by atoms with Gasteiger partial charge in [-0.15, -0.1) is 0 Å². The van der Waals surface area contributed by atoms with Gasteiger partial charge in [0.1, 0.15) is 6.29 Å². The van der Waals surface area contributed by atoms with Crippen molar-refractivity contribution in [3.05, 3.63) is 33.8 Å². The lowest BCUT2D eigenvalue weighted by atomic mass is 10.2. The quantitative estimate of drug-likeness (QED) is 0.796. The maximum Gasteiger partial charge on any atom is 0.223 e. The van der Waals surface area contributed by atoms with Crippen LogP contribution in [0.2, 0.25) is 10.0 Å². The van der Waals surface area contributed by atoms with E-state index in [1.54, 1.807) is 23.1 Å². The summed E-state index contributed by atoms with van der Waals surface area (Å²) in [5.41, 5.74) is 0.833. The van der Waals surface area contributed by atoms with Crippen molar-refractivity contribution in [2.45, 2.75) is 38.3 Å². The summed E-state index contributed by atoms with van der Waals surface area (Å²) in [5.74, 6) is -0.365. The Morgan fingerprint density at radius 3 is 2.74 bits per heavy atom. The Labute approximate surface area is 144 Å². The van der Waals surface area contributed by atoms with E-state index < -0.39 is 0 Å². The van der Waals surface area contributed by atoms with Crippen LogP contribution < -0.4 is 5.32 Å². The molecule has 0 bridgehead atoms. The number of likely N-dealkylation sites (tertiary alicyclic amines) is 1. The van der Waals surface area contributed by atoms with Crippen LogP contribution in [0, 0.1) is 0 Å². The standard InChI is InChI=1S/C16H18Cl2N2O3/c17-13-4-3-11(8-14(13)18)9-19-15(22)5-6-16(23)20-7-1-2-12(20)10-21/h3-4,8,10,12H,1-2,5-7,9H2,(H,19,22)/t12-/m0/s1. The van der Waals surface area contributed by atoms with Gasteiger partial charge in [0, 0.05) is 25.9 Å². The third-order valence-electron chi connectivity index (χ3n) is 3.82. The van der Waals surface area contributed by atoms with Gasteiger partial charge in [-0.3, -0.25) is 9.59 Å². The summed E-state index contributed by atoms with van der Waals surface area (Å²) in [6.45, 7) is 0.914.